The van der Waals surface area contributed by atoms with Crippen molar-refractivity contribution in [3.8, 4) is 17.7 Å². The van der Waals surface area contributed by atoms with E-state index in [9.17, 15) is 10.1 Å². The standard InChI is InChI=1S/C11H6N4O3/c12-7-10-11(14-6-5-13-10)18-9-3-1-8(2-4-9)15(16)17/h1-6H. The number of rotatable bonds is 3. The topological polar surface area (TPSA) is 102 Å². The molecular formula is C11H6N4O3. The minimum atomic E-state index is -0.507. The summed E-state index contributed by atoms with van der Waals surface area (Å²) in [5.41, 5.74) is 0.0119. The Hall–Kier alpha value is -3.01. The van der Waals surface area contributed by atoms with E-state index in [1.165, 1.54) is 36.7 Å². The van der Waals surface area contributed by atoms with E-state index in [1.807, 2.05) is 6.07 Å². The predicted octanol–water partition coefficient (Wildman–Crippen LogP) is 2.05. The molecule has 2 aromatic rings. The number of nitrogens with zero attached hydrogens (tertiary/aromatic N) is 4. The summed E-state index contributed by atoms with van der Waals surface area (Å²) in [4.78, 5) is 17.6. The van der Waals surface area contributed by atoms with Crippen molar-refractivity contribution >= 4 is 5.69 Å². The first kappa shape index (κ1) is 11.5. The molecule has 18 heavy (non-hydrogen) atoms. The van der Waals surface area contributed by atoms with Crippen LogP contribution < -0.4 is 4.74 Å². The Labute approximate surface area is 101 Å². The van der Waals surface area contributed by atoms with Gasteiger partial charge in [-0.15, -0.1) is 0 Å². The van der Waals surface area contributed by atoms with Crippen LogP contribution >= 0.6 is 0 Å². The monoisotopic (exact) mass is 242 g/mol. The number of nitro groups is 1. The Morgan fingerprint density at radius 2 is 1.89 bits per heavy atom. The van der Waals surface area contributed by atoms with Gasteiger partial charge in [-0.2, -0.15) is 5.26 Å². The summed E-state index contributed by atoms with van der Waals surface area (Å²) in [6.07, 6.45) is 2.77. The lowest BCUT2D eigenvalue weighted by Crippen LogP contribution is -1.94. The molecule has 1 aromatic carbocycles. The highest BCUT2D eigenvalue weighted by Gasteiger charge is 2.08. The van der Waals surface area contributed by atoms with Crippen LogP contribution in [0.25, 0.3) is 0 Å². The molecular weight excluding hydrogens is 236 g/mol. The second kappa shape index (κ2) is 4.88. The number of nitro benzene ring substituents is 1. The van der Waals surface area contributed by atoms with E-state index in [4.69, 9.17) is 10.00 Å². The molecule has 0 aliphatic carbocycles. The van der Waals surface area contributed by atoms with Crippen molar-refractivity contribution in [2.24, 2.45) is 0 Å². The highest BCUT2D eigenvalue weighted by atomic mass is 16.6. The van der Waals surface area contributed by atoms with Gasteiger partial charge in [0.05, 0.1) is 4.92 Å². The molecule has 0 atom stereocenters. The number of aromatic nitrogens is 2. The molecule has 2 rings (SSSR count). The lowest BCUT2D eigenvalue weighted by Gasteiger charge is -2.04. The molecule has 0 N–H and O–H groups in total. The van der Waals surface area contributed by atoms with Crippen molar-refractivity contribution in [3.05, 3.63) is 52.5 Å². The second-order valence-corrected chi connectivity index (χ2v) is 3.17. The zero-order valence-electron chi connectivity index (χ0n) is 8.98. The normalized spacial score (nSPS) is 9.50. The third kappa shape index (κ3) is 2.38. The van der Waals surface area contributed by atoms with Gasteiger partial charge in [-0.05, 0) is 12.1 Å². The van der Waals surface area contributed by atoms with E-state index in [-0.39, 0.29) is 17.3 Å². The zero-order valence-corrected chi connectivity index (χ0v) is 8.98. The largest absolute Gasteiger partial charge is 0.436 e. The molecule has 0 saturated heterocycles. The van der Waals surface area contributed by atoms with Gasteiger partial charge in [0.2, 0.25) is 5.69 Å². The van der Waals surface area contributed by atoms with Gasteiger partial charge in [0.25, 0.3) is 11.6 Å². The smallest absolute Gasteiger partial charge is 0.269 e. The van der Waals surface area contributed by atoms with Gasteiger partial charge in [0, 0.05) is 24.5 Å². The maximum atomic E-state index is 10.5. The van der Waals surface area contributed by atoms with Crippen molar-refractivity contribution < 1.29 is 9.66 Å². The van der Waals surface area contributed by atoms with Crippen molar-refractivity contribution in [3.63, 3.8) is 0 Å². The number of ether oxygens (including phenoxy) is 1. The molecule has 0 unspecified atom stereocenters. The van der Waals surface area contributed by atoms with Gasteiger partial charge in [-0.3, -0.25) is 10.1 Å². The molecule has 7 heteroatoms. The van der Waals surface area contributed by atoms with Gasteiger partial charge < -0.3 is 4.74 Å². The number of nitriles is 1. The van der Waals surface area contributed by atoms with Gasteiger partial charge in [-0.1, -0.05) is 0 Å². The fraction of sp³-hybridized carbons (Fsp3) is 0. The molecule has 0 amide bonds. The molecule has 7 nitrogen and oxygen atoms in total. The van der Waals surface area contributed by atoms with E-state index in [1.54, 1.807) is 0 Å². The van der Waals surface area contributed by atoms with Gasteiger partial charge >= 0.3 is 0 Å². The van der Waals surface area contributed by atoms with E-state index in [0.717, 1.165) is 0 Å². The van der Waals surface area contributed by atoms with Gasteiger partial charge in [-0.25, -0.2) is 9.97 Å². The van der Waals surface area contributed by atoms with Crippen molar-refractivity contribution in [1.29, 1.82) is 5.26 Å². The van der Waals surface area contributed by atoms with Crippen LogP contribution in [0.2, 0.25) is 0 Å². The Balaban J connectivity index is 2.24. The molecule has 0 spiro atoms. The molecule has 0 fully saturated rings. The SMILES string of the molecule is N#Cc1nccnc1Oc1ccc([N+](=O)[O-])cc1. The first-order chi connectivity index (χ1) is 8.70. The maximum Gasteiger partial charge on any atom is 0.269 e. The van der Waals surface area contributed by atoms with Crippen molar-refractivity contribution in [2.75, 3.05) is 0 Å². The molecule has 0 aliphatic rings. The van der Waals surface area contributed by atoms with Crippen LogP contribution in [0, 0.1) is 21.4 Å². The molecule has 0 radical (unpaired) electrons. The average molecular weight is 242 g/mol. The van der Waals surface area contributed by atoms with E-state index >= 15 is 0 Å². The third-order valence-corrected chi connectivity index (χ3v) is 2.03. The van der Waals surface area contributed by atoms with E-state index in [0.29, 0.717) is 5.75 Å². The van der Waals surface area contributed by atoms with Crippen molar-refractivity contribution in [2.45, 2.75) is 0 Å². The van der Waals surface area contributed by atoms with Crippen LogP contribution in [-0.2, 0) is 0 Å². The first-order valence-electron chi connectivity index (χ1n) is 4.84. The maximum absolute atomic E-state index is 10.5. The second-order valence-electron chi connectivity index (χ2n) is 3.17. The minimum absolute atomic E-state index is 0.0398. The van der Waals surface area contributed by atoms with Crippen LogP contribution in [0.4, 0.5) is 5.69 Å². The summed E-state index contributed by atoms with van der Waals surface area (Å²) in [6.45, 7) is 0. The number of hydrogen-bond acceptors (Lipinski definition) is 6. The Kier molecular flexibility index (Phi) is 3.11. The average Bonchev–Trinajstić information content (AvgIpc) is 2.40. The van der Waals surface area contributed by atoms with Crippen LogP contribution in [0.5, 0.6) is 11.6 Å². The summed E-state index contributed by atoms with van der Waals surface area (Å²) >= 11 is 0. The van der Waals surface area contributed by atoms with E-state index < -0.39 is 4.92 Å². The lowest BCUT2D eigenvalue weighted by atomic mass is 10.3. The number of benzene rings is 1. The zero-order chi connectivity index (χ0) is 13.0. The summed E-state index contributed by atoms with van der Waals surface area (Å²) < 4.78 is 5.32. The van der Waals surface area contributed by atoms with Crippen LogP contribution in [0.1, 0.15) is 5.69 Å². The predicted molar refractivity (Wildman–Crippen MR) is 59.9 cm³/mol. The van der Waals surface area contributed by atoms with Crippen LogP contribution in [0.15, 0.2) is 36.7 Å². The third-order valence-electron chi connectivity index (χ3n) is 2.03. The lowest BCUT2D eigenvalue weighted by molar-refractivity contribution is -0.384. The fourth-order valence-electron chi connectivity index (χ4n) is 1.22. The molecule has 0 aliphatic heterocycles. The Morgan fingerprint density at radius 3 is 2.50 bits per heavy atom. The highest BCUT2D eigenvalue weighted by Crippen LogP contribution is 2.23. The Bertz CT molecular complexity index is 619. The van der Waals surface area contributed by atoms with Gasteiger partial charge in [0.15, 0.2) is 0 Å². The van der Waals surface area contributed by atoms with Gasteiger partial charge in [0.1, 0.15) is 11.8 Å². The highest BCUT2D eigenvalue weighted by molar-refractivity contribution is 5.39. The first-order valence-corrected chi connectivity index (χ1v) is 4.84. The molecule has 0 bridgehead atoms. The van der Waals surface area contributed by atoms with Crippen molar-refractivity contribution in [1.82, 2.24) is 9.97 Å². The molecule has 1 aromatic heterocycles. The Morgan fingerprint density at radius 1 is 1.22 bits per heavy atom. The molecule has 0 saturated carbocycles. The van der Waals surface area contributed by atoms with Crippen LogP contribution in [-0.4, -0.2) is 14.9 Å². The fourth-order valence-corrected chi connectivity index (χ4v) is 1.22. The molecule has 1 heterocycles. The number of non-ortho nitro benzene ring substituents is 1. The van der Waals surface area contributed by atoms with E-state index in [2.05, 4.69) is 9.97 Å². The molecule has 88 valence electrons. The van der Waals surface area contributed by atoms with Crippen LogP contribution in [0.3, 0.4) is 0 Å². The summed E-state index contributed by atoms with van der Waals surface area (Å²) in [7, 11) is 0. The minimum Gasteiger partial charge on any atom is -0.436 e. The number of hydrogen-bond donors (Lipinski definition) is 0. The quantitative estimate of drug-likeness (QED) is 0.602. The summed E-state index contributed by atoms with van der Waals surface area (Å²) in [6, 6.07) is 7.29. The summed E-state index contributed by atoms with van der Waals surface area (Å²) in [5.74, 6) is 0.409. The summed E-state index contributed by atoms with van der Waals surface area (Å²) in [5, 5.41) is 19.3.